The summed E-state index contributed by atoms with van der Waals surface area (Å²) in [6.07, 6.45) is 0.595. The number of carbonyl (C=O) groups excluding carboxylic acids is 1. The number of H-pyrrole nitrogens is 1. The van der Waals surface area contributed by atoms with Crippen LogP contribution in [-0.4, -0.2) is 46.2 Å². The second-order valence-corrected chi connectivity index (χ2v) is 6.93. The molecule has 2 heterocycles. The maximum atomic E-state index is 14.7. The Labute approximate surface area is 171 Å². The van der Waals surface area contributed by atoms with E-state index in [2.05, 4.69) is 10.2 Å². The molecular formula is C21H19FN4O4. The third-order valence-electron chi connectivity index (χ3n) is 5.16. The van der Waals surface area contributed by atoms with Crippen molar-refractivity contribution in [2.75, 3.05) is 20.3 Å². The van der Waals surface area contributed by atoms with Gasteiger partial charge in [-0.2, -0.15) is 5.10 Å². The van der Waals surface area contributed by atoms with Gasteiger partial charge in [0.25, 0.3) is 11.6 Å². The third-order valence-corrected chi connectivity index (χ3v) is 5.16. The number of nitro groups is 1. The van der Waals surface area contributed by atoms with E-state index in [-0.39, 0.29) is 11.6 Å². The molecule has 1 aromatic heterocycles. The van der Waals surface area contributed by atoms with Crippen LogP contribution >= 0.6 is 0 Å². The molecule has 1 aliphatic rings. The van der Waals surface area contributed by atoms with Crippen LogP contribution in [0.5, 0.6) is 0 Å². The number of nitro benzene ring substituents is 1. The van der Waals surface area contributed by atoms with Crippen LogP contribution in [0, 0.1) is 15.9 Å². The van der Waals surface area contributed by atoms with E-state index in [9.17, 15) is 19.3 Å². The lowest BCUT2D eigenvalue weighted by Gasteiger charge is -2.26. The van der Waals surface area contributed by atoms with Crippen molar-refractivity contribution in [3.63, 3.8) is 0 Å². The number of hydrogen-bond donors (Lipinski definition) is 1. The van der Waals surface area contributed by atoms with E-state index in [1.54, 1.807) is 42.3 Å². The Balaban J connectivity index is 1.81. The van der Waals surface area contributed by atoms with Crippen LogP contribution in [0.4, 0.5) is 10.1 Å². The minimum atomic E-state index is -0.658. The van der Waals surface area contributed by atoms with Gasteiger partial charge in [0.2, 0.25) is 0 Å². The molecule has 1 N–H and O–H groups in total. The fourth-order valence-corrected chi connectivity index (χ4v) is 3.79. The molecule has 1 amide bonds. The highest BCUT2D eigenvalue weighted by Crippen LogP contribution is 2.43. The van der Waals surface area contributed by atoms with Crippen molar-refractivity contribution in [1.29, 1.82) is 0 Å². The summed E-state index contributed by atoms with van der Waals surface area (Å²) < 4.78 is 19.8. The average Bonchev–Trinajstić information content (AvgIpc) is 3.28. The van der Waals surface area contributed by atoms with E-state index in [4.69, 9.17) is 4.74 Å². The monoisotopic (exact) mass is 410 g/mol. The quantitative estimate of drug-likeness (QED) is 0.364. The molecular weight excluding hydrogens is 391 g/mol. The molecule has 2 aromatic carbocycles. The van der Waals surface area contributed by atoms with Crippen LogP contribution in [0.25, 0.3) is 11.3 Å². The van der Waals surface area contributed by atoms with Gasteiger partial charge in [0.15, 0.2) is 0 Å². The molecule has 30 heavy (non-hydrogen) atoms. The van der Waals surface area contributed by atoms with Crippen molar-refractivity contribution in [3.05, 3.63) is 81.3 Å². The molecule has 0 aliphatic carbocycles. The van der Waals surface area contributed by atoms with Gasteiger partial charge in [0.1, 0.15) is 11.5 Å². The summed E-state index contributed by atoms with van der Waals surface area (Å²) >= 11 is 0. The molecule has 154 valence electrons. The number of non-ortho nitro benzene ring substituents is 1. The number of fused-ring (bicyclic) bond motifs is 1. The van der Waals surface area contributed by atoms with Gasteiger partial charge in [0.05, 0.1) is 16.7 Å². The zero-order valence-electron chi connectivity index (χ0n) is 16.2. The molecule has 0 saturated heterocycles. The smallest absolute Gasteiger partial charge is 0.273 e. The third kappa shape index (κ3) is 3.33. The second-order valence-electron chi connectivity index (χ2n) is 6.93. The highest BCUT2D eigenvalue weighted by atomic mass is 19.1. The first-order valence-corrected chi connectivity index (χ1v) is 9.40. The van der Waals surface area contributed by atoms with Crippen LogP contribution < -0.4 is 0 Å². The highest BCUT2D eigenvalue weighted by Gasteiger charge is 2.42. The second kappa shape index (κ2) is 8.03. The average molecular weight is 410 g/mol. The summed E-state index contributed by atoms with van der Waals surface area (Å²) in [5.74, 6) is -0.689. The van der Waals surface area contributed by atoms with E-state index in [1.807, 2.05) is 0 Å². The summed E-state index contributed by atoms with van der Waals surface area (Å²) in [5, 5.41) is 18.0. The Hall–Kier alpha value is -3.59. The number of aromatic nitrogens is 2. The first-order valence-electron chi connectivity index (χ1n) is 9.40. The molecule has 8 nitrogen and oxygen atoms in total. The first-order chi connectivity index (χ1) is 14.5. The lowest BCUT2D eigenvalue weighted by Crippen LogP contribution is -2.31. The van der Waals surface area contributed by atoms with Gasteiger partial charge >= 0.3 is 0 Å². The topological polar surface area (TPSA) is 101 Å². The van der Waals surface area contributed by atoms with Gasteiger partial charge in [-0.05, 0) is 24.6 Å². The van der Waals surface area contributed by atoms with Crippen LogP contribution in [0.1, 0.15) is 34.1 Å². The predicted molar refractivity (Wildman–Crippen MR) is 106 cm³/mol. The van der Waals surface area contributed by atoms with Crippen LogP contribution in [0.15, 0.2) is 48.5 Å². The lowest BCUT2D eigenvalue weighted by molar-refractivity contribution is -0.384. The molecule has 1 aliphatic heterocycles. The van der Waals surface area contributed by atoms with Gasteiger partial charge in [-0.3, -0.25) is 20.0 Å². The Kier molecular flexibility index (Phi) is 5.28. The van der Waals surface area contributed by atoms with Crippen molar-refractivity contribution >= 4 is 11.6 Å². The van der Waals surface area contributed by atoms with Crippen LogP contribution in [0.3, 0.4) is 0 Å². The van der Waals surface area contributed by atoms with E-state index in [0.717, 1.165) is 0 Å². The van der Waals surface area contributed by atoms with E-state index < -0.39 is 16.8 Å². The Morgan fingerprint density at radius 2 is 1.97 bits per heavy atom. The number of aromatic amines is 1. The van der Waals surface area contributed by atoms with Crippen molar-refractivity contribution in [3.8, 4) is 11.3 Å². The standard InChI is InChI=1S/C21H19FN4O4/c1-30-12-4-11-25-20(15-5-2-3-6-16(15)22)17-18(23-24-19(17)21(25)27)13-7-9-14(10-8-13)26(28)29/h2-3,5-10,20H,4,11-12H2,1H3,(H,23,24). The van der Waals surface area contributed by atoms with Crippen molar-refractivity contribution in [2.24, 2.45) is 0 Å². The Morgan fingerprint density at radius 3 is 2.63 bits per heavy atom. The fourth-order valence-electron chi connectivity index (χ4n) is 3.79. The van der Waals surface area contributed by atoms with Crippen LogP contribution in [0.2, 0.25) is 0 Å². The van der Waals surface area contributed by atoms with Gasteiger partial charge in [-0.1, -0.05) is 18.2 Å². The van der Waals surface area contributed by atoms with Gasteiger partial charge in [-0.15, -0.1) is 0 Å². The van der Waals surface area contributed by atoms with Gasteiger partial charge in [0, 0.05) is 49.1 Å². The molecule has 0 radical (unpaired) electrons. The molecule has 3 aromatic rings. The number of hydrogen-bond acceptors (Lipinski definition) is 5. The molecule has 1 atom stereocenters. The number of carbonyl (C=O) groups is 1. The number of nitrogens with one attached hydrogen (secondary N) is 1. The van der Waals surface area contributed by atoms with Crippen molar-refractivity contribution < 1.29 is 18.8 Å². The normalized spacial score (nSPS) is 15.5. The molecule has 0 spiro atoms. The summed E-state index contributed by atoms with van der Waals surface area (Å²) in [4.78, 5) is 25.2. The number of ether oxygens (including phenoxy) is 1. The number of amides is 1. The fraction of sp³-hybridized carbons (Fsp3) is 0.238. The largest absolute Gasteiger partial charge is 0.385 e. The Morgan fingerprint density at radius 1 is 1.23 bits per heavy atom. The number of nitrogens with zero attached hydrogens (tertiary/aromatic N) is 3. The summed E-state index contributed by atoms with van der Waals surface area (Å²) in [6.45, 7) is 0.850. The molecule has 4 rings (SSSR count). The van der Waals surface area contributed by atoms with Crippen LogP contribution in [-0.2, 0) is 4.74 Å². The van der Waals surface area contributed by atoms with E-state index in [0.29, 0.717) is 47.7 Å². The number of halogens is 1. The molecule has 0 saturated carbocycles. The highest BCUT2D eigenvalue weighted by molar-refractivity contribution is 6.00. The van der Waals surface area contributed by atoms with Gasteiger partial charge in [-0.25, -0.2) is 4.39 Å². The van der Waals surface area contributed by atoms with Crippen molar-refractivity contribution in [1.82, 2.24) is 15.1 Å². The van der Waals surface area contributed by atoms with E-state index >= 15 is 0 Å². The lowest BCUT2D eigenvalue weighted by atomic mass is 9.95. The molecule has 1 unspecified atom stereocenters. The predicted octanol–water partition coefficient (Wildman–Crippen LogP) is 3.71. The maximum Gasteiger partial charge on any atom is 0.273 e. The number of rotatable bonds is 7. The molecule has 0 bridgehead atoms. The Bertz CT molecular complexity index is 1100. The summed E-state index contributed by atoms with van der Waals surface area (Å²) in [5.41, 5.74) is 2.26. The minimum absolute atomic E-state index is 0.0474. The first kappa shape index (κ1) is 19.7. The minimum Gasteiger partial charge on any atom is -0.385 e. The zero-order chi connectivity index (χ0) is 21.3. The number of benzene rings is 2. The SMILES string of the molecule is COCCCN1C(=O)c2[nH]nc(-c3ccc([N+](=O)[O-])cc3)c2C1c1ccccc1F. The maximum absolute atomic E-state index is 14.7. The molecule has 9 heteroatoms. The van der Waals surface area contributed by atoms with Crippen molar-refractivity contribution in [2.45, 2.75) is 12.5 Å². The van der Waals surface area contributed by atoms with Gasteiger partial charge < -0.3 is 9.64 Å². The summed E-state index contributed by atoms with van der Waals surface area (Å²) in [7, 11) is 1.58. The zero-order valence-corrected chi connectivity index (χ0v) is 16.2. The molecule has 0 fully saturated rings. The summed E-state index contributed by atoms with van der Waals surface area (Å²) in [6, 6.07) is 11.6. The number of methoxy groups -OCH3 is 1. The van der Waals surface area contributed by atoms with E-state index in [1.165, 1.54) is 18.2 Å².